The largest absolute Gasteiger partial charge is 0.306 e. The highest BCUT2D eigenvalue weighted by Crippen LogP contribution is 2.18. The van der Waals surface area contributed by atoms with Gasteiger partial charge in [-0.25, -0.2) is 4.39 Å². The van der Waals surface area contributed by atoms with E-state index in [0.717, 1.165) is 23.6 Å². The predicted octanol–water partition coefficient (Wildman–Crippen LogP) is 4.72. The molecule has 1 unspecified atom stereocenters. The van der Waals surface area contributed by atoms with Crippen molar-refractivity contribution in [3.05, 3.63) is 70.5 Å². The lowest BCUT2D eigenvalue weighted by Gasteiger charge is -2.17. The van der Waals surface area contributed by atoms with E-state index in [1.807, 2.05) is 36.4 Å². The molecule has 0 bridgehead atoms. The van der Waals surface area contributed by atoms with Crippen LogP contribution in [0.25, 0.3) is 0 Å². The van der Waals surface area contributed by atoms with Crippen molar-refractivity contribution in [1.29, 1.82) is 0 Å². The van der Waals surface area contributed by atoms with Gasteiger partial charge in [-0.3, -0.25) is 0 Å². The molecule has 0 aliphatic heterocycles. The van der Waals surface area contributed by atoms with Crippen molar-refractivity contribution in [2.75, 3.05) is 0 Å². The summed E-state index contributed by atoms with van der Waals surface area (Å²) >= 11 is 5.86. The van der Waals surface area contributed by atoms with E-state index >= 15 is 0 Å². The molecule has 0 fully saturated rings. The minimum atomic E-state index is -0.198. The average molecular weight is 278 g/mol. The fourth-order valence-electron chi connectivity index (χ4n) is 2.04. The normalized spacial score (nSPS) is 12.4. The molecule has 0 aliphatic rings. The summed E-state index contributed by atoms with van der Waals surface area (Å²) in [5.41, 5.74) is 2.29. The van der Waals surface area contributed by atoms with Gasteiger partial charge in [-0.05, 0) is 41.8 Å². The first-order valence-corrected chi connectivity index (χ1v) is 6.80. The summed E-state index contributed by atoms with van der Waals surface area (Å²) in [6.07, 6.45) is 0.958. The molecule has 0 spiro atoms. The molecule has 0 radical (unpaired) electrons. The lowest BCUT2D eigenvalue weighted by atomic mass is 10.0. The highest BCUT2D eigenvalue weighted by molar-refractivity contribution is 6.30. The Morgan fingerprint density at radius 2 is 1.68 bits per heavy atom. The van der Waals surface area contributed by atoms with Gasteiger partial charge >= 0.3 is 0 Å². The molecular weight excluding hydrogens is 261 g/mol. The number of benzene rings is 2. The molecule has 100 valence electrons. The van der Waals surface area contributed by atoms with Crippen molar-refractivity contribution >= 4 is 11.6 Å². The maximum Gasteiger partial charge on any atom is 0.123 e. The minimum Gasteiger partial charge on any atom is -0.306 e. The van der Waals surface area contributed by atoms with Gasteiger partial charge in [0.25, 0.3) is 0 Å². The number of rotatable bonds is 5. The number of nitrogens with one attached hydrogen (secondary N) is 1. The van der Waals surface area contributed by atoms with Crippen molar-refractivity contribution < 1.29 is 4.39 Å². The fourth-order valence-corrected chi connectivity index (χ4v) is 2.16. The Kier molecular flexibility index (Phi) is 4.94. The maximum atomic E-state index is 12.9. The summed E-state index contributed by atoms with van der Waals surface area (Å²) in [7, 11) is 0. The van der Waals surface area contributed by atoms with Gasteiger partial charge in [-0.1, -0.05) is 42.8 Å². The molecule has 0 aromatic heterocycles. The zero-order valence-corrected chi connectivity index (χ0v) is 11.6. The third-order valence-electron chi connectivity index (χ3n) is 3.15. The fraction of sp³-hybridized carbons (Fsp3) is 0.250. The van der Waals surface area contributed by atoms with Gasteiger partial charge in [0, 0.05) is 17.6 Å². The van der Waals surface area contributed by atoms with E-state index in [2.05, 4.69) is 12.2 Å². The first kappa shape index (κ1) is 14.0. The Bertz CT molecular complexity index is 507. The zero-order valence-electron chi connectivity index (χ0n) is 10.9. The topological polar surface area (TPSA) is 12.0 Å². The Balaban J connectivity index is 1.99. The standard InChI is InChI=1S/C16H17ClFN/c1-2-16(13-5-9-15(18)10-6-13)19-11-12-3-7-14(17)8-4-12/h3-10,16,19H,2,11H2,1H3. The van der Waals surface area contributed by atoms with Gasteiger partial charge in [0.05, 0.1) is 0 Å². The average Bonchev–Trinajstić information content (AvgIpc) is 2.43. The second kappa shape index (κ2) is 6.69. The summed E-state index contributed by atoms with van der Waals surface area (Å²) in [5, 5.41) is 4.22. The van der Waals surface area contributed by atoms with E-state index in [9.17, 15) is 4.39 Å². The Labute approximate surface area is 118 Å². The molecule has 0 aliphatic carbocycles. The van der Waals surface area contributed by atoms with E-state index in [0.29, 0.717) is 0 Å². The van der Waals surface area contributed by atoms with Crippen LogP contribution in [-0.2, 0) is 6.54 Å². The summed E-state index contributed by atoms with van der Waals surface area (Å²) in [4.78, 5) is 0. The van der Waals surface area contributed by atoms with Crippen LogP contribution in [0, 0.1) is 5.82 Å². The van der Waals surface area contributed by atoms with Crippen LogP contribution >= 0.6 is 11.6 Å². The second-order valence-electron chi connectivity index (χ2n) is 4.52. The number of hydrogen-bond acceptors (Lipinski definition) is 1. The molecule has 1 N–H and O–H groups in total. The van der Waals surface area contributed by atoms with Crippen LogP contribution in [0.4, 0.5) is 4.39 Å². The van der Waals surface area contributed by atoms with Crippen molar-refractivity contribution in [3.8, 4) is 0 Å². The molecule has 1 atom stereocenters. The van der Waals surface area contributed by atoms with Crippen LogP contribution in [-0.4, -0.2) is 0 Å². The van der Waals surface area contributed by atoms with Gasteiger partial charge in [0.2, 0.25) is 0 Å². The lowest BCUT2D eigenvalue weighted by Crippen LogP contribution is -2.20. The zero-order chi connectivity index (χ0) is 13.7. The number of hydrogen-bond donors (Lipinski definition) is 1. The molecule has 0 saturated heterocycles. The molecular formula is C16H17ClFN. The van der Waals surface area contributed by atoms with E-state index in [4.69, 9.17) is 11.6 Å². The predicted molar refractivity (Wildman–Crippen MR) is 77.7 cm³/mol. The monoisotopic (exact) mass is 277 g/mol. The molecule has 0 amide bonds. The van der Waals surface area contributed by atoms with Crippen LogP contribution in [0.3, 0.4) is 0 Å². The van der Waals surface area contributed by atoms with Crippen LogP contribution in [0.15, 0.2) is 48.5 Å². The van der Waals surface area contributed by atoms with Gasteiger partial charge in [-0.15, -0.1) is 0 Å². The van der Waals surface area contributed by atoms with Crippen molar-refractivity contribution in [2.24, 2.45) is 0 Å². The van der Waals surface area contributed by atoms with E-state index < -0.39 is 0 Å². The Morgan fingerprint density at radius 3 is 2.26 bits per heavy atom. The van der Waals surface area contributed by atoms with Gasteiger partial charge < -0.3 is 5.32 Å². The third kappa shape index (κ3) is 4.05. The second-order valence-corrected chi connectivity index (χ2v) is 4.96. The third-order valence-corrected chi connectivity index (χ3v) is 3.40. The molecule has 2 aromatic rings. The van der Waals surface area contributed by atoms with Crippen LogP contribution in [0.1, 0.15) is 30.5 Å². The van der Waals surface area contributed by atoms with Gasteiger partial charge in [0.15, 0.2) is 0 Å². The molecule has 1 nitrogen and oxygen atoms in total. The quantitative estimate of drug-likeness (QED) is 0.834. The van der Waals surface area contributed by atoms with Crippen molar-refractivity contribution in [1.82, 2.24) is 5.32 Å². The minimum absolute atomic E-state index is 0.198. The maximum absolute atomic E-state index is 12.9. The van der Waals surface area contributed by atoms with E-state index in [1.54, 1.807) is 0 Å². The van der Waals surface area contributed by atoms with Crippen molar-refractivity contribution in [2.45, 2.75) is 25.9 Å². The molecule has 0 saturated carbocycles. The highest BCUT2D eigenvalue weighted by atomic mass is 35.5. The van der Waals surface area contributed by atoms with Gasteiger partial charge in [-0.2, -0.15) is 0 Å². The van der Waals surface area contributed by atoms with Crippen LogP contribution < -0.4 is 5.32 Å². The van der Waals surface area contributed by atoms with Gasteiger partial charge in [0.1, 0.15) is 5.82 Å². The lowest BCUT2D eigenvalue weighted by molar-refractivity contribution is 0.517. The first-order chi connectivity index (χ1) is 9.19. The molecule has 2 rings (SSSR count). The highest BCUT2D eigenvalue weighted by Gasteiger charge is 2.08. The molecule has 19 heavy (non-hydrogen) atoms. The smallest absolute Gasteiger partial charge is 0.123 e. The summed E-state index contributed by atoms with van der Waals surface area (Å²) in [6, 6.07) is 14.7. The Hall–Kier alpha value is -1.38. The SMILES string of the molecule is CCC(NCc1ccc(Cl)cc1)c1ccc(F)cc1. The summed E-state index contributed by atoms with van der Waals surface area (Å²) < 4.78 is 12.9. The van der Waals surface area contributed by atoms with Crippen LogP contribution in [0.2, 0.25) is 5.02 Å². The van der Waals surface area contributed by atoms with Crippen LogP contribution in [0.5, 0.6) is 0 Å². The molecule has 3 heteroatoms. The number of halogens is 2. The summed E-state index contributed by atoms with van der Waals surface area (Å²) in [6.45, 7) is 2.88. The van der Waals surface area contributed by atoms with Crippen molar-refractivity contribution in [3.63, 3.8) is 0 Å². The molecule has 2 aromatic carbocycles. The Morgan fingerprint density at radius 1 is 1.05 bits per heavy atom. The first-order valence-electron chi connectivity index (χ1n) is 6.42. The molecule has 0 heterocycles. The van der Waals surface area contributed by atoms with E-state index in [-0.39, 0.29) is 11.9 Å². The summed E-state index contributed by atoms with van der Waals surface area (Å²) in [5.74, 6) is -0.198. The van der Waals surface area contributed by atoms with E-state index in [1.165, 1.54) is 17.7 Å².